The SMILES string of the molecule is C1CCCCC1.C[SiH](C)N.[B].[SiH4]. The van der Waals surface area contributed by atoms with E-state index >= 15 is 0 Å². The van der Waals surface area contributed by atoms with E-state index in [9.17, 15) is 0 Å². The van der Waals surface area contributed by atoms with Crippen LogP contribution in [-0.2, 0) is 0 Å². The second kappa shape index (κ2) is 14.0. The van der Waals surface area contributed by atoms with Gasteiger partial charge in [0.25, 0.3) is 0 Å². The summed E-state index contributed by atoms with van der Waals surface area (Å²) >= 11 is 0. The van der Waals surface area contributed by atoms with Gasteiger partial charge < -0.3 is 5.40 Å². The van der Waals surface area contributed by atoms with Gasteiger partial charge in [-0.3, -0.25) is 0 Å². The lowest BCUT2D eigenvalue weighted by molar-refractivity contribution is 0.504. The molecule has 0 aromatic heterocycles. The van der Waals surface area contributed by atoms with E-state index in [-0.39, 0.29) is 19.4 Å². The van der Waals surface area contributed by atoms with Crippen LogP contribution in [0.3, 0.4) is 0 Å². The summed E-state index contributed by atoms with van der Waals surface area (Å²) in [6.45, 7) is 4.17. The van der Waals surface area contributed by atoms with E-state index in [0.29, 0.717) is 0 Å². The molecular formula is C8H25BNSi2. The van der Waals surface area contributed by atoms with Gasteiger partial charge in [0.2, 0.25) is 0 Å². The zero-order valence-electron chi connectivity index (χ0n) is 7.97. The Morgan fingerprint density at radius 3 is 1.00 bits per heavy atom. The molecule has 0 atom stereocenters. The van der Waals surface area contributed by atoms with Crippen LogP contribution in [-0.4, -0.2) is 28.3 Å². The first-order chi connectivity index (χ1) is 4.73. The smallest absolute Gasteiger partial charge is 0.0995 e. The van der Waals surface area contributed by atoms with Gasteiger partial charge >= 0.3 is 0 Å². The molecule has 0 saturated heterocycles. The molecule has 12 heavy (non-hydrogen) atoms. The number of rotatable bonds is 0. The molecule has 3 radical (unpaired) electrons. The second-order valence-electron chi connectivity index (χ2n) is 3.37. The Hall–Kier alpha value is 0.459. The first-order valence-corrected chi connectivity index (χ1v) is 7.46. The van der Waals surface area contributed by atoms with Crippen molar-refractivity contribution in [2.75, 3.05) is 0 Å². The molecule has 1 aliphatic rings. The zero-order chi connectivity index (χ0) is 7.82. The van der Waals surface area contributed by atoms with E-state index in [1.807, 2.05) is 0 Å². The van der Waals surface area contributed by atoms with Gasteiger partial charge in [-0.05, 0) is 11.0 Å². The topological polar surface area (TPSA) is 26.0 Å². The Morgan fingerprint density at radius 1 is 0.833 bits per heavy atom. The van der Waals surface area contributed by atoms with Gasteiger partial charge in [0.05, 0.1) is 8.96 Å². The Balaban J connectivity index is -0.000000124. The van der Waals surface area contributed by atoms with E-state index in [1.54, 1.807) is 0 Å². The van der Waals surface area contributed by atoms with Crippen molar-refractivity contribution >= 4 is 28.3 Å². The van der Waals surface area contributed by atoms with Crippen LogP contribution in [0.4, 0.5) is 0 Å². The molecule has 0 aromatic rings. The molecule has 1 rings (SSSR count). The van der Waals surface area contributed by atoms with Gasteiger partial charge in [0.15, 0.2) is 0 Å². The van der Waals surface area contributed by atoms with E-state index < -0.39 is 8.96 Å². The van der Waals surface area contributed by atoms with Gasteiger partial charge in [0, 0.05) is 8.41 Å². The molecule has 0 aliphatic heterocycles. The molecule has 1 nitrogen and oxygen atoms in total. The fourth-order valence-electron chi connectivity index (χ4n) is 1.06. The maximum Gasteiger partial charge on any atom is 0.0995 e. The van der Waals surface area contributed by atoms with E-state index in [2.05, 4.69) is 13.1 Å². The van der Waals surface area contributed by atoms with Crippen molar-refractivity contribution in [3.8, 4) is 0 Å². The molecule has 0 amide bonds. The van der Waals surface area contributed by atoms with Gasteiger partial charge in [0.1, 0.15) is 0 Å². The van der Waals surface area contributed by atoms with Crippen LogP contribution in [0.25, 0.3) is 0 Å². The molecule has 1 saturated carbocycles. The largest absolute Gasteiger partial charge is 0.353 e. The fraction of sp³-hybridized carbons (Fsp3) is 1.00. The lowest BCUT2D eigenvalue weighted by Gasteiger charge is -2.05. The highest BCUT2D eigenvalue weighted by Gasteiger charge is 1.95. The quantitative estimate of drug-likeness (QED) is 0.567. The third-order valence-corrected chi connectivity index (χ3v) is 1.50. The minimum Gasteiger partial charge on any atom is -0.353 e. The van der Waals surface area contributed by atoms with Crippen LogP contribution >= 0.6 is 0 Å². The highest BCUT2D eigenvalue weighted by molar-refractivity contribution is 6.51. The first-order valence-electron chi connectivity index (χ1n) is 4.49. The van der Waals surface area contributed by atoms with Gasteiger partial charge in [-0.15, -0.1) is 0 Å². The van der Waals surface area contributed by atoms with Crippen molar-refractivity contribution in [3.63, 3.8) is 0 Å². The summed E-state index contributed by atoms with van der Waals surface area (Å²) in [5.41, 5.74) is 0. The third-order valence-electron chi connectivity index (χ3n) is 1.50. The molecule has 2 N–H and O–H groups in total. The molecular weight excluding hydrogens is 177 g/mol. The Labute approximate surface area is 85.8 Å². The summed E-state index contributed by atoms with van der Waals surface area (Å²) in [5, 5.41) is 5.25. The number of hydrogen-bond donors (Lipinski definition) is 1. The minimum atomic E-state index is -0.639. The maximum absolute atomic E-state index is 5.25. The normalized spacial score (nSPS) is 15.0. The Kier molecular flexibility index (Phi) is 21.3. The van der Waals surface area contributed by atoms with Crippen molar-refractivity contribution in [1.29, 1.82) is 0 Å². The molecule has 1 fully saturated rings. The molecule has 73 valence electrons. The summed E-state index contributed by atoms with van der Waals surface area (Å²) in [7, 11) is -0.639. The van der Waals surface area contributed by atoms with Crippen LogP contribution in [0.15, 0.2) is 0 Å². The Bertz CT molecular complexity index is 53.8. The molecule has 0 heterocycles. The van der Waals surface area contributed by atoms with Crippen LogP contribution in [0, 0.1) is 0 Å². The summed E-state index contributed by atoms with van der Waals surface area (Å²) in [5.74, 6) is 0. The number of nitrogens with two attached hydrogens (primary N) is 1. The predicted octanol–water partition coefficient (Wildman–Crippen LogP) is 0.437. The standard InChI is InChI=1S/C6H12.C2H9NSi.B.H4Si/c1-2-4-6-5-3-1;1-4(2)3;;/h1-6H2;4H,3H2,1-2H3;;1H4. The van der Waals surface area contributed by atoms with Crippen molar-refractivity contribution in [2.24, 2.45) is 5.40 Å². The van der Waals surface area contributed by atoms with E-state index in [0.717, 1.165) is 0 Å². The molecule has 0 aromatic carbocycles. The lowest BCUT2D eigenvalue weighted by Crippen LogP contribution is -2.13. The van der Waals surface area contributed by atoms with Gasteiger partial charge in [-0.1, -0.05) is 51.6 Å². The van der Waals surface area contributed by atoms with Crippen molar-refractivity contribution in [1.82, 2.24) is 0 Å². The van der Waals surface area contributed by atoms with Gasteiger partial charge in [-0.25, -0.2) is 0 Å². The second-order valence-corrected chi connectivity index (χ2v) is 5.85. The van der Waals surface area contributed by atoms with Crippen LogP contribution < -0.4 is 5.40 Å². The average Bonchev–Trinajstić information content (AvgIpc) is 1.90. The van der Waals surface area contributed by atoms with Crippen molar-refractivity contribution in [2.45, 2.75) is 51.6 Å². The van der Waals surface area contributed by atoms with Crippen LogP contribution in [0.1, 0.15) is 38.5 Å². The minimum absolute atomic E-state index is 0. The molecule has 1 aliphatic carbocycles. The summed E-state index contributed by atoms with van der Waals surface area (Å²) < 4.78 is 0. The van der Waals surface area contributed by atoms with E-state index in [1.165, 1.54) is 38.5 Å². The zero-order valence-corrected chi connectivity index (χ0v) is 9.13. The molecule has 0 unspecified atom stereocenters. The molecule has 0 bridgehead atoms. The molecule has 0 spiro atoms. The van der Waals surface area contributed by atoms with Crippen molar-refractivity contribution < 1.29 is 0 Å². The summed E-state index contributed by atoms with van der Waals surface area (Å²) in [6.07, 6.45) is 9.00. The van der Waals surface area contributed by atoms with Crippen LogP contribution in [0.5, 0.6) is 0 Å². The third kappa shape index (κ3) is 22.4. The summed E-state index contributed by atoms with van der Waals surface area (Å²) in [6, 6.07) is 0. The highest BCUT2D eigenvalue weighted by atomic mass is 28.3. The summed E-state index contributed by atoms with van der Waals surface area (Å²) in [4.78, 5) is 0. The maximum atomic E-state index is 5.25. The van der Waals surface area contributed by atoms with Crippen molar-refractivity contribution in [3.05, 3.63) is 0 Å². The first kappa shape index (κ1) is 18.3. The van der Waals surface area contributed by atoms with Crippen LogP contribution in [0.2, 0.25) is 13.1 Å². The Morgan fingerprint density at radius 2 is 0.917 bits per heavy atom. The fourth-order valence-corrected chi connectivity index (χ4v) is 1.06. The van der Waals surface area contributed by atoms with E-state index in [4.69, 9.17) is 5.40 Å². The lowest BCUT2D eigenvalue weighted by atomic mass is 10.0. The average molecular weight is 202 g/mol. The van der Waals surface area contributed by atoms with Gasteiger partial charge in [-0.2, -0.15) is 0 Å². The monoisotopic (exact) mass is 202 g/mol. The number of hydrogen-bond acceptors (Lipinski definition) is 1. The molecule has 4 heteroatoms. The highest BCUT2D eigenvalue weighted by Crippen LogP contribution is 2.15. The predicted molar refractivity (Wildman–Crippen MR) is 67.9 cm³/mol.